The van der Waals surface area contributed by atoms with Crippen LogP contribution in [0.3, 0.4) is 0 Å². The number of aliphatic hydroxyl groups excluding tert-OH is 1. The molecule has 0 bridgehead atoms. The van der Waals surface area contributed by atoms with E-state index in [1.165, 1.54) is 35.9 Å². The molecule has 9 heteroatoms. The maximum Gasteiger partial charge on any atom is 0.329 e. The number of nitrogens with one attached hydrogen (secondary N) is 1. The van der Waals surface area contributed by atoms with Crippen molar-refractivity contribution in [2.45, 2.75) is 31.9 Å². The van der Waals surface area contributed by atoms with Crippen LogP contribution in [0.1, 0.15) is 41.5 Å². The lowest BCUT2D eigenvalue weighted by atomic mass is 10.0. The van der Waals surface area contributed by atoms with Gasteiger partial charge in [-0.3, -0.25) is 14.3 Å². The Morgan fingerprint density at radius 3 is 2.34 bits per heavy atom. The van der Waals surface area contributed by atoms with Gasteiger partial charge in [0, 0.05) is 25.6 Å². The van der Waals surface area contributed by atoms with Crippen LogP contribution in [0, 0.1) is 0 Å². The average Bonchev–Trinajstić information content (AvgIpc) is 3.15. The van der Waals surface area contributed by atoms with E-state index >= 15 is 0 Å². The van der Waals surface area contributed by atoms with Crippen LogP contribution in [-0.4, -0.2) is 24.2 Å². The van der Waals surface area contributed by atoms with Gasteiger partial charge in [0.2, 0.25) is 0 Å². The lowest BCUT2D eigenvalue weighted by Gasteiger charge is -2.13. The second kappa shape index (κ2) is 8.88. The Morgan fingerprint density at radius 1 is 1.03 bits per heavy atom. The van der Waals surface area contributed by atoms with Gasteiger partial charge in [0.25, 0.3) is 12.0 Å². The molecular formula is C23H22F2N4O3. The largest absolute Gasteiger partial charge is 0.388 e. The van der Waals surface area contributed by atoms with Crippen LogP contribution in [0.15, 0.2) is 64.2 Å². The quantitative estimate of drug-likeness (QED) is 0.462. The van der Waals surface area contributed by atoms with Gasteiger partial charge in [0.05, 0.1) is 6.10 Å². The molecule has 0 spiro atoms. The molecule has 2 aromatic carbocycles. The highest BCUT2D eigenvalue weighted by atomic mass is 19.3. The van der Waals surface area contributed by atoms with Crippen LogP contribution in [0.4, 0.5) is 8.78 Å². The summed E-state index contributed by atoms with van der Waals surface area (Å²) in [6, 6.07) is 15.1. The lowest BCUT2D eigenvalue weighted by Crippen LogP contribution is -2.29. The molecular weight excluding hydrogens is 418 g/mol. The number of nitrogens with zero attached hydrogens (tertiary/aromatic N) is 3. The zero-order valence-electron chi connectivity index (χ0n) is 17.3. The molecule has 166 valence electrons. The minimum Gasteiger partial charge on any atom is -0.388 e. The summed E-state index contributed by atoms with van der Waals surface area (Å²) in [6.07, 6.45) is -2.89. The molecule has 0 saturated carbocycles. The van der Waals surface area contributed by atoms with Crippen molar-refractivity contribution in [1.82, 2.24) is 19.1 Å². The molecule has 2 N–H and O–H groups in total. The van der Waals surface area contributed by atoms with Crippen molar-refractivity contribution in [2.24, 2.45) is 7.05 Å². The van der Waals surface area contributed by atoms with Crippen LogP contribution in [0.5, 0.6) is 0 Å². The van der Waals surface area contributed by atoms with E-state index < -0.39 is 23.8 Å². The highest BCUT2D eigenvalue weighted by molar-refractivity contribution is 5.71. The maximum absolute atomic E-state index is 12.8. The second-order valence-electron chi connectivity index (χ2n) is 7.61. The third kappa shape index (κ3) is 4.24. The summed E-state index contributed by atoms with van der Waals surface area (Å²) in [5.41, 5.74) is 0.821. The molecule has 1 atom stereocenters. The van der Waals surface area contributed by atoms with E-state index in [0.717, 1.165) is 5.56 Å². The molecule has 7 nitrogen and oxygen atoms in total. The lowest BCUT2D eigenvalue weighted by molar-refractivity contribution is 0.150. The first-order valence-corrected chi connectivity index (χ1v) is 10.1. The number of aromatic amines is 1. The number of hydrogen-bond acceptors (Lipinski definition) is 4. The van der Waals surface area contributed by atoms with Crippen molar-refractivity contribution in [1.29, 1.82) is 0 Å². The summed E-state index contributed by atoms with van der Waals surface area (Å²) in [4.78, 5) is 31.4. The Bertz CT molecular complexity index is 1340. The van der Waals surface area contributed by atoms with Crippen LogP contribution >= 0.6 is 0 Å². The van der Waals surface area contributed by atoms with E-state index in [0.29, 0.717) is 24.4 Å². The van der Waals surface area contributed by atoms with Gasteiger partial charge < -0.3 is 9.67 Å². The zero-order chi connectivity index (χ0) is 22.8. The van der Waals surface area contributed by atoms with Gasteiger partial charge in [-0.15, -0.1) is 0 Å². The smallest absolute Gasteiger partial charge is 0.329 e. The third-order valence-corrected chi connectivity index (χ3v) is 5.48. The van der Waals surface area contributed by atoms with Crippen molar-refractivity contribution in [3.8, 4) is 0 Å². The topological polar surface area (TPSA) is 92.9 Å². The minimum atomic E-state index is -2.57. The van der Waals surface area contributed by atoms with Crippen molar-refractivity contribution in [3.63, 3.8) is 0 Å². The molecule has 0 aliphatic rings. The fraction of sp³-hybridized carbons (Fsp3) is 0.261. The van der Waals surface area contributed by atoms with Crippen LogP contribution < -0.4 is 11.2 Å². The Morgan fingerprint density at radius 2 is 1.69 bits per heavy atom. The fourth-order valence-electron chi connectivity index (χ4n) is 3.70. The number of imidazole rings is 1. The molecule has 0 radical (unpaired) electrons. The molecule has 0 amide bonds. The number of fused-ring (bicyclic) bond motifs is 1. The van der Waals surface area contributed by atoms with Gasteiger partial charge in [-0.1, -0.05) is 54.6 Å². The summed E-state index contributed by atoms with van der Waals surface area (Å²) in [7, 11) is 1.53. The first-order valence-electron chi connectivity index (χ1n) is 10.1. The molecule has 4 aromatic rings. The third-order valence-electron chi connectivity index (χ3n) is 5.48. The zero-order valence-corrected chi connectivity index (χ0v) is 17.3. The van der Waals surface area contributed by atoms with Gasteiger partial charge in [0.15, 0.2) is 11.2 Å². The van der Waals surface area contributed by atoms with E-state index in [9.17, 15) is 23.5 Å². The number of aromatic nitrogens is 4. The molecule has 0 aliphatic heterocycles. The maximum atomic E-state index is 12.8. The first kappa shape index (κ1) is 21.6. The molecule has 4 rings (SSSR count). The Balaban J connectivity index is 1.67. The number of benzene rings is 2. The summed E-state index contributed by atoms with van der Waals surface area (Å²) in [5, 5.41) is 10.6. The van der Waals surface area contributed by atoms with E-state index in [1.807, 2.05) is 30.3 Å². The van der Waals surface area contributed by atoms with Gasteiger partial charge >= 0.3 is 5.69 Å². The average molecular weight is 440 g/mol. The number of H-pyrrole nitrogens is 1. The first-order chi connectivity index (χ1) is 15.3. The van der Waals surface area contributed by atoms with Crippen LogP contribution in [0.25, 0.3) is 11.2 Å². The van der Waals surface area contributed by atoms with Gasteiger partial charge in [-0.25, -0.2) is 18.6 Å². The summed E-state index contributed by atoms with van der Waals surface area (Å²) < 4.78 is 28.5. The Kier molecular flexibility index (Phi) is 6.00. The number of hydrogen-bond donors (Lipinski definition) is 2. The molecule has 1 unspecified atom stereocenters. The molecule has 0 aliphatic carbocycles. The Labute approximate surface area is 181 Å². The van der Waals surface area contributed by atoms with Gasteiger partial charge in [-0.2, -0.15) is 0 Å². The highest BCUT2D eigenvalue weighted by Crippen LogP contribution is 2.24. The number of halogens is 2. The normalized spacial score (nSPS) is 12.5. The number of aryl methyl sites for hydroxylation is 2. The van der Waals surface area contributed by atoms with Crippen molar-refractivity contribution in [2.75, 3.05) is 0 Å². The van der Waals surface area contributed by atoms with E-state index in [-0.39, 0.29) is 23.1 Å². The van der Waals surface area contributed by atoms with Crippen LogP contribution in [0.2, 0.25) is 0 Å². The number of alkyl halides is 2. The Hall–Kier alpha value is -3.59. The molecule has 0 saturated heterocycles. The summed E-state index contributed by atoms with van der Waals surface area (Å²) in [6.45, 7) is 0.368. The highest BCUT2D eigenvalue weighted by Gasteiger charge is 2.19. The summed E-state index contributed by atoms with van der Waals surface area (Å²) >= 11 is 0. The summed E-state index contributed by atoms with van der Waals surface area (Å²) in [5.74, 6) is 0.541. The SMILES string of the molecule is Cn1c(=O)[nH]c(=O)c2c1nc(CCC(O)c1ccc(C(F)F)cc1)n2Cc1ccccc1. The van der Waals surface area contributed by atoms with Gasteiger partial charge in [0.1, 0.15) is 5.82 Å². The van der Waals surface area contributed by atoms with E-state index in [1.54, 1.807) is 4.57 Å². The molecule has 2 heterocycles. The van der Waals surface area contributed by atoms with Crippen molar-refractivity contribution in [3.05, 3.63) is 98.0 Å². The monoisotopic (exact) mass is 440 g/mol. The molecule has 32 heavy (non-hydrogen) atoms. The number of aliphatic hydroxyl groups is 1. The van der Waals surface area contributed by atoms with E-state index in [2.05, 4.69) is 9.97 Å². The predicted molar refractivity (Wildman–Crippen MR) is 116 cm³/mol. The predicted octanol–water partition coefficient (Wildman–Crippen LogP) is 3.08. The van der Waals surface area contributed by atoms with Gasteiger partial charge in [-0.05, 0) is 17.5 Å². The molecule has 2 aromatic heterocycles. The minimum absolute atomic E-state index is 0.106. The van der Waals surface area contributed by atoms with Crippen molar-refractivity contribution >= 4 is 11.2 Å². The second-order valence-corrected chi connectivity index (χ2v) is 7.61. The molecule has 0 fully saturated rings. The fourth-order valence-corrected chi connectivity index (χ4v) is 3.70. The van der Waals surface area contributed by atoms with E-state index in [4.69, 9.17) is 0 Å². The van der Waals surface area contributed by atoms with Crippen LogP contribution in [-0.2, 0) is 20.0 Å². The van der Waals surface area contributed by atoms with Crippen molar-refractivity contribution < 1.29 is 13.9 Å². The standard InChI is InChI=1S/C23H22F2N4O3/c1-28-21-19(22(31)27-23(28)32)29(13-14-5-3-2-4-6-14)18(26-21)12-11-17(30)15-7-9-16(10-8-15)20(24)25/h2-10,17,20,30H,11-13H2,1H3,(H,27,31,32). The number of rotatable bonds is 7.